The van der Waals surface area contributed by atoms with Crippen molar-refractivity contribution in [3.63, 3.8) is 0 Å². The van der Waals surface area contributed by atoms with E-state index in [1.165, 1.54) is 11.1 Å². The van der Waals surface area contributed by atoms with Crippen molar-refractivity contribution >= 4 is 11.8 Å². The second-order valence-electron chi connectivity index (χ2n) is 8.95. The quantitative estimate of drug-likeness (QED) is 0.559. The summed E-state index contributed by atoms with van der Waals surface area (Å²) in [7, 11) is 0. The van der Waals surface area contributed by atoms with E-state index in [4.69, 9.17) is 4.98 Å². The smallest absolute Gasteiger partial charge is 0.243 e. The molecule has 3 atom stereocenters. The highest BCUT2D eigenvalue weighted by molar-refractivity contribution is 5.89. The Morgan fingerprint density at radius 2 is 1.97 bits per heavy atom. The topological polar surface area (TPSA) is 104 Å². The molecule has 0 aliphatic carbocycles. The Morgan fingerprint density at radius 1 is 1.21 bits per heavy atom. The molecule has 0 spiro atoms. The Kier molecular flexibility index (Phi) is 7.00. The van der Waals surface area contributed by atoms with Crippen molar-refractivity contribution in [2.75, 3.05) is 6.54 Å². The number of hydrogen-bond acceptors (Lipinski definition) is 5. The number of H-pyrrole nitrogens is 1. The number of hydrogen-bond donors (Lipinski definition) is 2. The van der Waals surface area contributed by atoms with E-state index >= 15 is 0 Å². The zero-order valence-electron chi connectivity index (χ0n) is 19.5. The van der Waals surface area contributed by atoms with Crippen molar-refractivity contribution in [3.05, 3.63) is 76.9 Å². The Labute approximate surface area is 198 Å². The molecular formula is C25H29FN6O2. The van der Waals surface area contributed by atoms with Gasteiger partial charge < -0.3 is 10.2 Å². The van der Waals surface area contributed by atoms with Crippen LogP contribution in [0, 0.1) is 6.92 Å². The van der Waals surface area contributed by atoms with Gasteiger partial charge in [0, 0.05) is 12.1 Å². The van der Waals surface area contributed by atoms with Gasteiger partial charge in [0.1, 0.15) is 12.2 Å². The van der Waals surface area contributed by atoms with E-state index in [1.54, 1.807) is 0 Å². The van der Waals surface area contributed by atoms with E-state index in [-0.39, 0.29) is 25.3 Å². The molecule has 1 aliphatic heterocycles. The van der Waals surface area contributed by atoms with Gasteiger partial charge in [-0.05, 0) is 30.0 Å². The first-order valence-corrected chi connectivity index (χ1v) is 11.4. The second-order valence-corrected chi connectivity index (χ2v) is 8.95. The maximum absolute atomic E-state index is 14.4. The largest absolute Gasteiger partial charge is 0.342 e. The fraction of sp³-hybridized carbons (Fsp3) is 0.400. The lowest BCUT2D eigenvalue weighted by Crippen LogP contribution is -2.47. The van der Waals surface area contributed by atoms with Gasteiger partial charge in [0.15, 0.2) is 0 Å². The highest BCUT2D eigenvalue weighted by Crippen LogP contribution is 2.27. The van der Waals surface area contributed by atoms with Crippen LogP contribution in [0.3, 0.4) is 0 Å². The van der Waals surface area contributed by atoms with Crippen LogP contribution in [-0.4, -0.2) is 55.9 Å². The average molecular weight is 465 g/mol. The van der Waals surface area contributed by atoms with Crippen molar-refractivity contribution < 1.29 is 14.0 Å². The molecule has 2 N–H and O–H groups in total. The molecule has 178 valence electrons. The number of likely N-dealkylation sites (tertiary alicyclic amines) is 1. The summed E-state index contributed by atoms with van der Waals surface area (Å²) in [5.74, 6) is -0.439. The predicted octanol–water partition coefficient (Wildman–Crippen LogP) is 3.02. The van der Waals surface area contributed by atoms with Crippen molar-refractivity contribution in [1.29, 1.82) is 0 Å². The molecule has 0 bridgehead atoms. The number of carbonyl (C=O) groups excluding carboxylic acids is 2. The monoisotopic (exact) mass is 464 g/mol. The van der Waals surface area contributed by atoms with Gasteiger partial charge >= 0.3 is 0 Å². The predicted molar refractivity (Wildman–Crippen MR) is 125 cm³/mol. The number of rotatable bonds is 7. The second kappa shape index (κ2) is 10.1. The number of aromatic amines is 1. The minimum Gasteiger partial charge on any atom is -0.342 e. The molecule has 1 saturated heterocycles. The average Bonchev–Trinajstić information content (AvgIpc) is 3.47. The molecule has 3 heterocycles. The Balaban J connectivity index is 1.59. The number of aromatic nitrogens is 4. The molecule has 1 aromatic carbocycles. The summed E-state index contributed by atoms with van der Waals surface area (Å²) in [5.41, 5.74) is 4.03. The van der Waals surface area contributed by atoms with Crippen LogP contribution in [-0.2, 0) is 16.0 Å². The van der Waals surface area contributed by atoms with Crippen LogP contribution in [0.4, 0.5) is 4.39 Å². The minimum atomic E-state index is -1.27. The van der Waals surface area contributed by atoms with E-state index < -0.39 is 24.2 Å². The molecule has 0 unspecified atom stereocenters. The number of carbonyl (C=O) groups is 2. The summed E-state index contributed by atoms with van der Waals surface area (Å²) in [6, 6.07) is 12.0. The molecule has 1 fully saturated rings. The van der Waals surface area contributed by atoms with Crippen LogP contribution in [0.1, 0.15) is 60.4 Å². The van der Waals surface area contributed by atoms with Crippen LogP contribution in [0.25, 0.3) is 0 Å². The third-order valence-electron chi connectivity index (χ3n) is 6.16. The van der Waals surface area contributed by atoms with Crippen LogP contribution in [0.5, 0.6) is 0 Å². The number of benzene rings is 1. The standard InChI is InChI=1S/C25H29FN6O2/c1-15(2)20-9-10-21(28-16(20)3)24(17-7-5-4-6-8-17)29-25(34)22-11-18(26)14-32(22)23(33)12-19-13-27-31-30-19/h4-10,13,15,18,22,24H,11-12,14H2,1-3H3,(H,29,34)(H,27,30,31)/t18-,22+,24+/m1/s1. The van der Waals surface area contributed by atoms with E-state index in [1.807, 2.05) is 49.4 Å². The highest BCUT2D eigenvalue weighted by atomic mass is 19.1. The molecule has 2 amide bonds. The summed E-state index contributed by atoms with van der Waals surface area (Å²) in [6.45, 7) is 6.05. The first-order chi connectivity index (χ1) is 16.3. The summed E-state index contributed by atoms with van der Waals surface area (Å²) in [4.78, 5) is 32.3. The Hall–Kier alpha value is -3.62. The van der Waals surface area contributed by atoms with Crippen molar-refractivity contribution in [1.82, 2.24) is 30.6 Å². The number of nitrogens with one attached hydrogen (secondary N) is 2. The zero-order chi connectivity index (χ0) is 24.2. The van der Waals surface area contributed by atoms with E-state index in [9.17, 15) is 14.0 Å². The highest BCUT2D eigenvalue weighted by Gasteiger charge is 2.40. The Bertz CT molecular complexity index is 1140. The number of halogens is 1. The molecule has 9 heteroatoms. The fourth-order valence-electron chi connectivity index (χ4n) is 4.45. The van der Waals surface area contributed by atoms with Crippen LogP contribution >= 0.6 is 0 Å². The first-order valence-electron chi connectivity index (χ1n) is 11.4. The minimum absolute atomic E-state index is 0.0450. The van der Waals surface area contributed by atoms with Gasteiger partial charge in [-0.3, -0.25) is 14.6 Å². The molecule has 3 aromatic rings. The van der Waals surface area contributed by atoms with Crippen molar-refractivity contribution in [3.8, 4) is 0 Å². The van der Waals surface area contributed by atoms with Crippen molar-refractivity contribution in [2.45, 2.75) is 57.8 Å². The van der Waals surface area contributed by atoms with Crippen LogP contribution < -0.4 is 5.32 Å². The van der Waals surface area contributed by atoms with Crippen molar-refractivity contribution in [2.24, 2.45) is 0 Å². The van der Waals surface area contributed by atoms with Gasteiger partial charge in [-0.1, -0.05) is 50.2 Å². The third-order valence-corrected chi connectivity index (χ3v) is 6.16. The van der Waals surface area contributed by atoms with E-state index in [2.05, 4.69) is 34.6 Å². The lowest BCUT2D eigenvalue weighted by Gasteiger charge is -2.27. The number of amides is 2. The SMILES string of the molecule is Cc1nc([C@@H](NC(=O)[C@@H]2C[C@@H](F)CN2C(=O)Cc2cn[nH]n2)c2ccccc2)ccc1C(C)C. The maximum atomic E-state index is 14.4. The molecule has 34 heavy (non-hydrogen) atoms. The van der Waals surface area contributed by atoms with Crippen LogP contribution in [0.15, 0.2) is 48.7 Å². The number of aryl methyl sites for hydroxylation is 1. The van der Waals surface area contributed by atoms with Crippen LogP contribution in [0.2, 0.25) is 0 Å². The lowest BCUT2D eigenvalue weighted by atomic mass is 9.98. The lowest BCUT2D eigenvalue weighted by molar-refractivity contribution is -0.138. The fourth-order valence-corrected chi connectivity index (χ4v) is 4.45. The van der Waals surface area contributed by atoms with Gasteiger partial charge in [0.2, 0.25) is 11.8 Å². The molecule has 1 aliphatic rings. The summed E-state index contributed by atoms with van der Waals surface area (Å²) in [6.07, 6.45) is 0.0808. The van der Waals surface area contributed by atoms with E-state index in [0.717, 1.165) is 16.8 Å². The van der Waals surface area contributed by atoms with Gasteiger partial charge in [-0.25, -0.2) is 4.39 Å². The third kappa shape index (κ3) is 5.13. The van der Waals surface area contributed by atoms with Gasteiger partial charge in [-0.2, -0.15) is 15.4 Å². The molecule has 0 radical (unpaired) electrons. The number of alkyl halides is 1. The van der Waals surface area contributed by atoms with Gasteiger partial charge in [0.25, 0.3) is 0 Å². The number of nitrogens with zero attached hydrogens (tertiary/aromatic N) is 4. The molecule has 8 nitrogen and oxygen atoms in total. The molecule has 0 saturated carbocycles. The normalized spacial score (nSPS) is 18.8. The molecule has 4 rings (SSSR count). The van der Waals surface area contributed by atoms with Gasteiger partial charge in [-0.15, -0.1) is 0 Å². The summed E-state index contributed by atoms with van der Waals surface area (Å²) >= 11 is 0. The maximum Gasteiger partial charge on any atom is 0.243 e. The summed E-state index contributed by atoms with van der Waals surface area (Å²) in [5, 5.41) is 13.1. The van der Waals surface area contributed by atoms with Gasteiger partial charge in [0.05, 0.1) is 36.6 Å². The zero-order valence-corrected chi connectivity index (χ0v) is 19.5. The molecule has 2 aromatic heterocycles. The first kappa shape index (κ1) is 23.5. The van der Waals surface area contributed by atoms with E-state index in [0.29, 0.717) is 17.3 Å². The Morgan fingerprint density at radius 3 is 2.62 bits per heavy atom. The molecular weight excluding hydrogens is 435 g/mol. The number of pyridine rings is 1. The summed E-state index contributed by atoms with van der Waals surface area (Å²) < 4.78 is 14.4.